The zero-order valence-electron chi connectivity index (χ0n) is 18.8. The molecule has 33 heavy (non-hydrogen) atoms. The van der Waals surface area contributed by atoms with Gasteiger partial charge >= 0.3 is 0 Å². The van der Waals surface area contributed by atoms with Crippen LogP contribution in [0.15, 0.2) is 30.3 Å². The number of carbonyl (C=O) groups is 3. The molecule has 1 N–H and O–H groups in total. The van der Waals surface area contributed by atoms with Gasteiger partial charge < -0.3 is 19.9 Å². The molecule has 5 rings (SSSR count). The molecule has 3 saturated heterocycles. The van der Waals surface area contributed by atoms with E-state index in [9.17, 15) is 14.4 Å². The second-order valence-electron chi connectivity index (χ2n) is 8.79. The average molecular weight is 486 g/mol. The van der Waals surface area contributed by atoms with Crippen molar-refractivity contribution >= 4 is 45.8 Å². The molecule has 3 amide bonds. The fourth-order valence-corrected chi connectivity index (χ4v) is 7.50. The van der Waals surface area contributed by atoms with E-state index in [2.05, 4.69) is 5.32 Å². The number of benzene rings is 1. The van der Waals surface area contributed by atoms with E-state index >= 15 is 0 Å². The molecule has 9 heteroatoms. The van der Waals surface area contributed by atoms with Crippen molar-refractivity contribution in [2.75, 3.05) is 37.4 Å². The number of hydrogen-bond donors (Lipinski definition) is 1. The number of hydrogen-bond acceptors (Lipinski definition) is 6. The van der Waals surface area contributed by atoms with Gasteiger partial charge in [-0.2, -0.15) is 0 Å². The Bertz CT molecular complexity index is 1100. The lowest BCUT2D eigenvalue weighted by molar-refractivity contribution is -0.135. The third-order valence-electron chi connectivity index (χ3n) is 6.68. The second-order valence-corrected chi connectivity index (χ2v) is 11.3. The summed E-state index contributed by atoms with van der Waals surface area (Å²) in [5.74, 6) is 0.280. The molecule has 2 atom stereocenters. The van der Waals surface area contributed by atoms with E-state index < -0.39 is 6.04 Å². The van der Waals surface area contributed by atoms with Gasteiger partial charge in [0.2, 0.25) is 11.8 Å². The zero-order valence-corrected chi connectivity index (χ0v) is 20.4. The van der Waals surface area contributed by atoms with E-state index in [1.54, 1.807) is 21.6 Å². The summed E-state index contributed by atoms with van der Waals surface area (Å²) < 4.78 is 5.41. The number of anilines is 1. The van der Waals surface area contributed by atoms with Gasteiger partial charge in [-0.25, -0.2) is 0 Å². The normalized spacial score (nSPS) is 24.8. The van der Waals surface area contributed by atoms with Crippen LogP contribution in [-0.2, 0) is 14.3 Å². The third-order valence-corrected chi connectivity index (χ3v) is 9.44. The summed E-state index contributed by atoms with van der Waals surface area (Å²) in [6.07, 6.45) is 1.24. The summed E-state index contributed by atoms with van der Waals surface area (Å²) in [7, 11) is 0. The molecule has 174 valence electrons. The van der Waals surface area contributed by atoms with Gasteiger partial charge in [-0.3, -0.25) is 14.4 Å². The minimum Gasteiger partial charge on any atom is -0.378 e. The zero-order chi connectivity index (χ0) is 23.2. The van der Waals surface area contributed by atoms with Crippen molar-refractivity contribution in [2.45, 2.75) is 37.6 Å². The molecule has 0 unspecified atom stereocenters. The summed E-state index contributed by atoms with van der Waals surface area (Å²) >= 11 is 3.09. The first-order valence-corrected chi connectivity index (χ1v) is 13.0. The molecule has 3 aliphatic rings. The Balaban J connectivity index is 1.49. The Kier molecular flexibility index (Phi) is 5.96. The van der Waals surface area contributed by atoms with Crippen LogP contribution in [0.25, 0.3) is 10.4 Å². The molecule has 3 fully saturated rings. The minimum absolute atomic E-state index is 0.0274. The van der Waals surface area contributed by atoms with Gasteiger partial charge in [-0.15, -0.1) is 23.1 Å². The lowest BCUT2D eigenvalue weighted by atomic mass is 10.1. The highest BCUT2D eigenvalue weighted by molar-refractivity contribution is 8.01. The maximum Gasteiger partial charge on any atom is 0.257 e. The van der Waals surface area contributed by atoms with E-state index in [4.69, 9.17) is 4.74 Å². The summed E-state index contributed by atoms with van der Waals surface area (Å²) in [4.78, 5) is 43.6. The predicted octanol–water partition coefficient (Wildman–Crippen LogP) is 3.59. The van der Waals surface area contributed by atoms with Gasteiger partial charge in [0.15, 0.2) is 0 Å². The van der Waals surface area contributed by atoms with E-state index in [0.29, 0.717) is 49.0 Å². The topological polar surface area (TPSA) is 79.0 Å². The summed E-state index contributed by atoms with van der Waals surface area (Å²) in [5, 5.41) is 3.60. The van der Waals surface area contributed by atoms with Gasteiger partial charge in [0.05, 0.1) is 23.6 Å². The second kappa shape index (κ2) is 8.77. The molecule has 1 aromatic carbocycles. The molecule has 0 bridgehead atoms. The number of carbonyl (C=O) groups excluding carboxylic acids is 3. The predicted molar refractivity (Wildman–Crippen MR) is 131 cm³/mol. The van der Waals surface area contributed by atoms with Crippen molar-refractivity contribution in [2.24, 2.45) is 0 Å². The number of rotatable bonds is 4. The first kappa shape index (κ1) is 22.4. The summed E-state index contributed by atoms with van der Waals surface area (Å²) in [5.41, 5.74) is 2.41. The van der Waals surface area contributed by atoms with Crippen LogP contribution in [0.3, 0.4) is 0 Å². The van der Waals surface area contributed by atoms with Crippen LogP contribution in [0.4, 0.5) is 5.00 Å². The van der Waals surface area contributed by atoms with Crippen LogP contribution in [0.2, 0.25) is 0 Å². The first-order chi connectivity index (χ1) is 15.9. The Labute approximate surface area is 201 Å². The maximum atomic E-state index is 13.5. The van der Waals surface area contributed by atoms with Crippen molar-refractivity contribution < 1.29 is 19.1 Å². The van der Waals surface area contributed by atoms with Gasteiger partial charge in [-0.1, -0.05) is 30.3 Å². The molecule has 0 saturated carbocycles. The molecule has 4 heterocycles. The van der Waals surface area contributed by atoms with Crippen LogP contribution < -0.4 is 5.32 Å². The Morgan fingerprint density at radius 2 is 1.91 bits per heavy atom. The number of amides is 3. The van der Waals surface area contributed by atoms with Crippen molar-refractivity contribution in [1.82, 2.24) is 9.80 Å². The number of ether oxygens (including phenoxy) is 1. The lowest BCUT2D eigenvalue weighted by Crippen LogP contribution is -2.48. The molecular weight excluding hydrogens is 458 g/mol. The van der Waals surface area contributed by atoms with Crippen LogP contribution >= 0.6 is 23.1 Å². The van der Waals surface area contributed by atoms with Crippen molar-refractivity contribution in [3.8, 4) is 10.4 Å². The Morgan fingerprint density at radius 3 is 2.64 bits per heavy atom. The number of thiophene rings is 1. The molecular formula is C24H27N3O4S2. The van der Waals surface area contributed by atoms with Crippen LogP contribution in [0.5, 0.6) is 0 Å². The Morgan fingerprint density at radius 1 is 1.18 bits per heavy atom. The third kappa shape index (κ3) is 3.96. The molecule has 1 aromatic heterocycles. The quantitative estimate of drug-likeness (QED) is 0.716. The minimum atomic E-state index is -0.524. The van der Waals surface area contributed by atoms with Crippen molar-refractivity contribution in [1.29, 1.82) is 0 Å². The van der Waals surface area contributed by atoms with E-state index in [-0.39, 0.29) is 22.6 Å². The smallest absolute Gasteiger partial charge is 0.257 e. The van der Waals surface area contributed by atoms with E-state index in [0.717, 1.165) is 22.4 Å². The monoisotopic (exact) mass is 485 g/mol. The molecule has 3 aliphatic heterocycles. The van der Waals surface area contributed by atoms with Crippen LogP contribution in [0.1, 0.15) is 35.7 Å². The largest absolute Gasteiger partial charge is 0.378 e. The summed E-state index contributed by atoms with van der Waals surface area (Å²) in [6, 6.07) is 9.38. The van der Waals surface area contributed by atoms with Gasteiger partial charge in [0.1, 0.15) is 11.0 Å². The standard InChI is InChI=1S/C24H27N3O4S2/c1-15-19(23(30)26-10-12-31-13-11-26)22(33-20(15)16-6-4-3-5-7-16)25-21(29)17-14-32-24(2)9-8-18(28)27(17)24/h3-7,17H,8-14H2,1-2H3,(H,25,29)/t17-,24+/m0/s1. The molecule has 2 aromatic rings. The van der Waals surface area contributed by atoms with E-state index in [1.165, 1.54) is 11.3 Å². The molecule has 0 spiro atoms. The average Bonchev–Trinajstić information content (AvgIpc) is 3.45. The van der Waals surface area contributed by atoms with Crippen LogP contribution in [-0.4, -0.2) is 70.5 Å². The lowest BCUT2D eigenvalue weighted by Gasteiger charge is -2.30. The molecule has 7 nitrogen and oxygen atoms in total. The van der Waals surface area contributed by atoms with Gasteiger partial charge in [0, 0.05) is 30.1 Å². The molecule has 0 radical (unpaired) electrons. The SMILES string of the molecule is Cc1c(-c2ccccc2)sc(NC(=O)[C@@H]2CS[C@]3(C)CCC(=O)N23)c1C(=O)N1CCOCC1. The highest BCUT2D eigenvalue weighted by atomic mass is 32.2. The van der Waals surface area contributed by atoms with Crippen molar-refractivity contribution in [3.63, 3.8) is 0 Å². The van der Waals surface area contributed by atoms with Gasteiger partial charge in [0.25, 0.3) is 5.91 Å². The van der Waals surface area contributed by atoms with Crippen LogP contribution in [0, 0.1) is 6.92 Å². The first-order valence-electron chi connectivity index (χ1n) is 11.2. The summed E-state index contributed by atoms with van der Waals surface area (Å²) in [6.45, 7) is 6.05. The van der Waals surface area contributed by atoms with Crippen molar-refractivity contribution in [3.05, 3.63) is 41.5 Å². The number of nitrogens with zero attached hydrogens (tertiary/aromatic N) is 2. The highest BCUT2D eigenvalue weighted by Crippen LogP contribution is 2.48. The number of fused-ring (bicyclic) bond motifs is 1. The fourth-order valence-electron chi connectivity index (χ4n) is 4.86. The number of nitrogens with one attached hydrogen (secondary N) is 1. The molecule has 0 aliphatic carbocycles. The fraction of sp³-hybridized carbons (Fsp3) is 0.458. The number of thioether (sulfide) groups is 1. The van der Waals surface area contributed by atoms with E-state index in [1.807, 2.05) is 44.2 Å². The number of morpholine rings is 1. The highest BCUT2D eigenvalue weighted by Gasteiger charge is 2.53. The Hall–Kier alpha value is -2.36. The van der Waals surface area contributed by atoms with Gasteiger partial charge in [-0.05, 0) is 31.4 Å². The maximum absolute atomic E-state index is 13.5.